The van der Waals surface area contributed by atoms with Crippen molar-refractivity contribution in [2.24, 2.45) is 0 Å². The number of hydrogen-bond acceptors (Lipinski definition) is 1. The van der Waals surface area contributed by atoms with E-state index < -0.39 is 0 Å². The van der Waals surface area contributed by atoms with Gasteiger partial charge in [-0.15, -0.1) is 0 Å². The van der Waals surface area contributed by atoms with Crippen LogP contribution >= 0.6 is 27.5 Å². The zero-order valence-corrected chi connectivity index (χ0v) is 8.28. The SMILES string of the molecule is CC.Clc1ccc(Br)nc1. The monoisotopic (exact) mass is 221 g/mol. The van der Waals surface area contributed by atoms with E-state index in [1.165, 1.54) is 0 Å². The van der Waals surface area contributed by atoms with Gasteiger partial charge in [-0.3, -0.25) is 0 Å². The summed E-state index contributed by atoms with van der Waals surface area (Å²) >= 11 is 8.70. The molecule has 0 radical (unpaired) electrons. The van der Waals surface area contributed by atoms with E-state index in [-0.39, 0.29) is 0 Å². The van der Waals surface area contributed by atoms with Gasteiger partial charge in [0.15, 0.2) is 0 Å². The van der Waals surface area contributed by atoms with Crippen molar-refractivity contribution in [1.29, 1.82) is 0 Å². The summed E-state index contributed by atoms with van der Waals surface area (Å²) in [5.41, 5.74) is 0. The van der Waals surface area contributed by atoms with Gasteiger partial charge in [-0.25, -0.2) is 4.98 Å². The maximum Gasteiger partial charge on any atom is 0.106 e. The molecule has 0 aliphatic carbocycles. The average Bonchev–Trinajstić information content (AvgIpc) is 2.00. The zero-order valence-electron chi connectivity index (χ0n) is 5.94. The zero-order chi connectivity index (χ0) is 7.98. The minimum Gasteiger partial charge on any atom is -0.248 e. The van der Waals surface area contributed by atoms with Crippen LogP contribution in [0.25, 0.3) is 0 Å². The average molecular weight is 223 g/mol. The summed E-state index contributed by atoms with van der Waals surface area (Å²) in [7, 11) is 0. The van der Waals surface area contributed by atoms with Crippen molar-refractivity contribution in [2.75, 3.05) is 0 Å². The van der Waals surface area contributed by atoms with Gasteiger partial charge in [0.05, 0.1) is 5.02 Å². The summed E-state index contributed by atoms with van der Waals surface area (Å²) in [6.45, 7) is 4.00. The quantitative estimate of drug-likeness (QED) is 0.612. The second-order valence-corrected chi connectivity index (χ2v) is 2.55. The summed E-state index contributed by atoms with van der Waals surface area (Å²) in [6.07, 6.45) is 1.59. The lowest BCUT2D eigenvalue weighted by molar-refractivity contribution is 1.28. The third-order valence-electron chi connectivity index (χ3n) is 0.691. The fourth-order valence-electron chi connectivity index (χ4n) is 0.358. The molecule has 56 valence electrons. The minimum absolute atomic E-state index is 0.660. The first-order valence-corrected chi connectivity index (χ1v) is 4.23. The molecule has 1 nitrogen and oxygen atoms in total. The van der Waals surface area contributed by atoms with Crippen LogP contribution in [0.1, 0.15) is 13.8 Å². The lowest BCUT2D eigenvalue weighted by atomic mass is 10.5. The van der Waals surface area contributed by atoms with E-state index in [2.05, 4.69) is 20.9 Å². The van der Waals surface area contributed by atoms with Gasteiger partial charge >= 0.3 is 0 Å². The van der Waals surface area contributed by atoms with Gasteiger partial charge in [0, 0.05) is 6.20 Å². The molecule has 0 N–H and O–H groups in total. The highest BCUT2D eigenvalue weighted by atomic mass is 79.9. The first-order chi connectivity index (χ1) is 4.79. The van der Waals surface area contributed by atoms with E-state index in [1.807, 2.05) is 13.8 Å². The number of pyridine rings is 1. The Balaban J connectivity index is 0.000000371. The van der Waals surface area contributed by atoms with Gasteiger partial charge in [-0.1, -0.05) is 25.4 Å². The Hall–Kier alpha value is -0.0800. The van der Waals surface area contributed by atoms with Crippen molar-refractivity contribution < 1.29 is 0 Å². The maximum absolute atomic E-state index is 5.53. The number of hydrogen-bond donors (Lipinski definition) is 0. The molecule has 0 amide bonds. The highest BCUT2D eigenvalue weighted by Crippen LogP contribution is 2.09. The van der Waals surface area contributed by atoms with E-state index in [4.69, 9.17) is 11.6 Å². The highest BCUT2D eigenvalue weighted by Gasteiger charge is 1.84. The molecule has 0 unspecified atom stereocenters. The summed E-state index contributed by atoms with van der Waals surface area (Å²) in [5, 5.41) is 0.660. The second-order valence-electron chi connectivity index (χ2n) is 1.30. The molecule has 1 rings (SSSR count). The van der Waals surface area contributed by atoms with Crippen molar-refractivity contribution in [2.45, 2.75) is 13.8 Å². The molecule has 3 heteroatoms. The summed E-state index contributed by atoms with van der Waals surface area (Å²) in [6, 6.07) is 3.57. The molecule has 0 aliphatic rings. The van der Waals surface area contributed by atoms with Gasteiger partial charge in [0.25, 0.3) is 0 Å². The fraction of sp³-hybridized carbons (Fsp3) is 0.286. The van der Waals surface area contributed by atoms with E-state index in [1.54, 1.807) is 18.3 Å². The first kappa shape index (κ1) is 9.92. The Morgan fingerprint density at radius 2 is 2.00 bits per heavy atom. The van der Waals surface area contributed by atoms with E-state index in [0.717, 1.165) is 4.60 Å². The van der Waals surface area contributed by atoms with Crippen LogP contribution in [0.15, 0.2) is 22.9 Å². The lowest BCUT2D eigenvalue weighted by Gasteiger charge is -1.85. The first-order valence-electron chi connectivity index (χ1n) is 3.06. The summed E-state index contributed by atoms with van der Waals surface area (Å²) < 4.78 is 0.807. The molecule has 0 fully saturated rings. The number of rotatable bonds is 0. The molecule has 0 aromatic carbocycles. The van der Waals surface area contributed by atoms with Crippen LogP contribution in [-0.2, 0) is 0 Å². The third kappa shape index (κ3) is 3.85. The molecule has 0 aliphatic heterocycles. The summed E-state index contributed by atoms with van der Waals surface area (Å²) in [4.78, 5) is 3.86. The van der Waals surface area contributed by atoms with Crippen LogP contribution in [0.5, 0.6) is 0 Å². The van der Waals surface area contributed by atoms with Crippen LogP contribution in [0, 0.1) is 0 Å². The smallest absolute Gasteiger partial charge is 0.106 e. The standard InChI is InChI=1S/C5H3BrClN.C2H6/c6-5-2-1-4(7)3-8-5;1-2/h1-3H;1-2H3. The van der Waals surface area contributed by atoms with Gasteiger partial charge in [0.2, 0.25) is 0 Å². The molecule has 0 saturated carbocycles. The minimum atomic E-state index is 0.660. The fourth-order valence-corrected chi connectivity index (χ4v) is 0.704. The van der Waals surface area contributed by atoms with Crippen LogP contribution in [0.2, 0.25) is 5.02 Å². The van der Waals surface area contributed by atoms with Crippen LogP contribution in [0.4, 0.5) is 0 Å². The molecule has 1 heterocycles. The van der Waals surface area contributed by atoms with Crippen molar-refractivity contribution >= 4 is 27.5 Å². The second kappa shape index (κ2) is 5.69. The Labute approximate surface area is 74.6 Å². The molecule has 0 atom stereocenters. The van der Waals surface area contributed by atoms with E-state index in [0.29, 0.717) is 5.02 Å². The molecule has 10 heavy (non-hydrogen) atoms. The summed E-state index contributed by atoms with van der Waals surface area (Å²) in [5.74, 6) is 0. The van der Waals surface area contributed by atoms with Gasteiger partial charge in [-0.2, -0.15) is 0 Å². The van der Waals surface area contributed by atoms with E-state index >= 15 is 0 Å². The van der Waals surface area contributed by atoms with E-state index in [9.17, 15) is 0 Å². The predicted molar refractivity (Wildman–Crippen MR) is 48.3 cm³/mol. The number of aromatic nitrogens is 1. The van der Waals surface area contributed by atoms with Crippen LogP contribution in [0.3, 0.4) is 0 Å². The largest absolute Gasteiger partial charge is 0.248 e. The van der Waals surface area contributed by atoms with Gasteiger partial charge in [-0.05, 0) is 28.1 Å². The van der Waals surface area contributed by atoms with Crippen molar-refractivity contribution in [3.63, 3.8) is 0 Å². The molecular formula is C7H9BrClN. The number of nitrogens with zero attached hydrogens (tertiary/aromatic N) is 1. The van der Waals surface area contributed by atoms with Crippen molar-refractivity contribution in [3.8, 4) is 0 Å². The Kier molecular flexibility index (Phi) is 5.64. The highest BCUT2D eigenvalue weighted by molar-refractivity contribution is 9.10. The normalized spacial score (nSPS) is 8.00. The Bertz CT molecular complexity index is 152. The lowest BCUT2D eigenvalue weighted by Crippen LogP contribution is -1.70. The van der Waals surface area contributed by atoms with Crippen LogP contribution in [-0.4, -0.2) is 4.98 Å². The molecular weight excluding hydrogens is 213 g/mol. The molecule has 1 aromatic rings. The Morgan fingerprint density at radius 3 is 2.30 bits per heavy atom. The van der Waals surface area contributed by atoms with Gasteiger partial charge < -0.3 is 0 Å². The van der Waals surface area contributed by atoms with Crippen molar-refractivity contribution in [3.05, 3.63) is 28.0 Å². The molecule has 0 bridgehead atoms. The Morgan fingerprint density at radius 1 is 1.40 bits per heavy atom. The molecule has 0 spiro atoms. The maximum atomic E-state index is 5.53. The molecule has 0 saturated heterocycles. The third-order valence-corrected chi connectivity index (χ3v) is 1.38. The molecule has 1 aromatic heterocycles. The van der Waals surface area contributed by atoms with Crippen LogP contribution < -0.4 is 0 Å². The predicted octanol–water partition coefficient (Wildman–Crippen LogP) is 3.52. The van der Waals surface area contributed by atoms with Gasteiger partial charge in [0.1, 0.15) is 4.60 Å². The number of halogens is 2. The van der Waals surface area contributed by atoms with Crippen molar-refractivity contribution in [1.82, 2.24) is 4.98 Å². The topological polar surface area (TPSA) is 12.9 Å².